The summed E-state index contributed by atoms with van der Waals surface area (Å²) in [4.78, 5) is 2.21. The lowest BCUT2D eigenvalue weighted by molar-refractivity contribution is 0.0591. The van der Waals surface area contributed by atoms with E-state index in [1.807, 2.05) is 13.0 Å². The smallest absolute Gasteiger partial charge is 0.0708 e. The second-order valence-corrected chi connectivity index (χ2v) is 4.86. The number of aliphatic hydroxyl groups is 1. The highest BCUT2D eigenvalue weighted by molar-refractivity contribution is 5.26. The van der Waals surface area contributed by atoms with E-state index in [0.29, 0.717) is 6.04 Å². The lowest BCUT2D eigenvalue weighted by Gasteiger charge is -2.33. The minimum atomic E-state index is -0.366. The molecule has 0 fully saturated rings. The topological polar surface area (TPSA) is 23.5 Å². The van der Waals surface area contributed by atoms with Gasteiger partial charge in [-0.2, -0.15) is 0 Å². The third-order valence-corrected chi connectivity index (χ3v) is 3.09. The molecule has 0 saturated heterocycles. The Hall–Kier alpha value is -0.860. The normalized spacial score (nSPS) is 15.5. The van der Waals surface area contributed by atoms with E-state index in [4.69, 9.17) is 0 Å². The fraction of sp³-hybridized carbons (Fsp3) is 0.571. The molecule has 90 valence electrons. The fourth-order valence-electron chi connectivity index (χ4n) is 2.03. The number of nitrogens with zero attached hydrogens (tertiary/aromatic N) is 1. The van der Waals surface area contributed by atoms with Crippen LogP contribution in [0.5, 0.6) is 0 Å². The zero-order valence-electron chi connectivity index (χ0n) is 10.9. The number of hydrogen-bond acceptors (Lipinski definition) is 2. The van der Waals surface area contributed by atoms with Gasteiger partial charge in [0.05, 0.1) is 12.1 Å². The first-order valence-electron chi connectivity index (χ1n) is 5.90. The number of aryl methyl sites for hydroxylation is 1. The lowest BCUT2D eigenvalue weighted by atomic mass is 9.98. The minimum Gasteiger partial charge on any atom is -0.391 e. The summed E-state index contributed by atoms with van der Waals surface area (Å²) < 4.78 is 0. The minimum absolute atomic E-state index is 0.0694. The van der Waals surface area contributed by atoms with Crippen LogP contribution >= 0.6 is 0 Å². The summed E-state index contributed by atoms with van der Waals surface area (Å²) in [7, 11) is 2.06. The molecule has 0 aliphatic heterocycles. The van der Waals surface area contributed by atoms with Crippen LogP contribution in [0.3, 0.4) is 0 Å². The van der Waals surface area contributed by atoms with Gasteiger partial charge in [-0.3, -0.25) is 4.90 Å². The van der Waals surface area contributed by atoms with E-state index >= 15 is 0 Å². The van der Waals surface area contributed by atoms with Crippen molar-refractivity contribution in [2.24, 2.45) is 0 Å². The molecule has 2 nitrogen and oxygen atoms in total. The zero-order chi connectivity index (χ0) is 12.3. The highest BCUT2D eigenvalue weighted by Gasteiger charge is 2.23. The Labute approximate surface area is 98.9 Å². The third-order valence-electron chi connectivity index (χ3n) is 3.09. The highest BCUT2D eigenvalue weighted by Crippen LogP contribution is 2.25. The number of aliphatic hydroxyl groups excluding tert-OH is 1. The third kappa shape index (κ3) is 3.06. The van der Waals surface area contributed by atoms with E-state index in [-0.39, 0.29) is 12.1 Å². The predicted octanol–water partition coefficient (Wildman–Crippen LogP) is 2.76. The van der Waals surface area contributed by atoms with Crippen molar-refractivity contribution in [2.75, 3.05) is 7.05 Å². The maximum Gasteiger partial charge on any atom is 0.0708 e. The first-order valence-corrected chi connectivity index (χ1v) is 5.90. The van der Waals surface area contributed by atoms with Gasteiger partial charge in [0.1, 0.15) is 0 Å². The Morgan fingerprint density at radius 3 is 2.25 bits per heavy atom. The molecule has 1 rings (SSSR count). The van der Waals surface area contributed by atoms with E-state index in [1.54, 1.807) is 0 Å². The van der Waals surface area contributed by atoms with Crippen molar-refractivity contribution < 1.29 is 5.11 Å². The fourth-order valence-corrected chi connectivity index (χ4v) is 2.03. The monoisotopic (exact) mass is 221 g/mol. The zero-order valence-corrected chi connectivity index (χ0v) is 10.9. The number of likely N-dealkylation sites (N-methyl/N-ethyl adjacent to an activating group) is 1. The second kappa shape index (κ2) is 5.46. The summed E-state index contributed by atoms with van der Waals surface area (Å²) in [5.41, 5.74) is 2.42. The van der Waals surface area contributed by atoms with Crippen LogP contribution in [0.1, 0.15) is 37.9 Å². The summed E-state index contributed by atoms with van der Waals surface area (Å²) in [5, 5.41) is 9.93. The van der Waals surface area contributed by atoms with Gasteiger partial charge >= 0.3 is 0 Å². The van der Waals surface area contributed by atoms with Gasteiger partial charge < -0.3 is 5.11 Å². The molecule has 0 spiro atoms. The van der Waals surface area contributed by atoms with Crippen molar-refractivity contribution in [1.29, 1.82) is 0 Å². The SMILES string of the molecule is Cc1cccc([C@@H]([C@@H](C)O)N(C)C(C)C)c1. The van der Waals surface area contributed by atoms with Crippen molar-refractivity contribution in [3.05, 3.63) is 35.4 Å². The molecule has 0 aliphatic rings. The van der Waals surface area contributed by atoms with Crippen LogP contribution < -0.4 is 0 Å². The van der Waals surface area contributed by atoms with Crippen LogP contribution in [0.4, 0.5) is 0 Å². The van der Waals surface area contributed by atoms with Gasteiger partial charge in [-0.1, -0.05) is 29.8 Å². The molecule has 0 bridgehead atoms. The molecule has 2 heteroatoms. The van der Waals surface area contributed by atoms with Crippen LogP contribution in [0.15, 0.2) is 24.3 Å². The Balaban J connectivity index is 3.03. The summed E-state index contributed by atoms with van der Waals surface area (Å²) in [6.45, 7) is 8.22. The Morgan fingerprint density at radius 2 is 1.81 bits per heavy atom. The van der Waals surface area contributed by atoms with Crippen LogP contribution in [-0.2, 0) is 0 Å². The van der Waals surface area contributed by atoms with Crippen molar-refractivity contribution >= 4 is 0 Å². The number of hydrogen-bond donors (Lipinski definition) is 1. The lowest BCUT2D eigenvalue weighted by Crippen LogP contribution is -2.36. The molecule has 0 unspecified atom stereocenters. The molecule has 0 saturated carbocycles. The Morgan fingerprint density at radius 1 is 1.19 bits per heavy atom. The van der Waals surface area contributed by atoms with Gasteiger partial charge in [0.15, 0.2) is 0 Å². The van der Waals surface area contributed by atoms with Crippen molar-refractivity contribution in [1.82, 2.24) is 4.90 Å². The largest absolute Gasteiger partial charge is 0.391 e. The van der Waals surface area contributed by atoms with Crippen LogP contribution in [0.25, 0.3) is 0 Å². The number of rotatable bonds is 4. The average Bonchev–Trinajstić information content (AvgIpc) is 2.17. The molecular weight excluding hydrogens is 198 g/mol. The molecule has 1 aromatic rings. The quantitative estimate of drug-likeness (QED) is 0.845. The molecule has 1 N–H and O–H groups in total. The van der Waals surface area contributed by atoms with E-state index in [2.05, 4.69) is 50.9 Å². The summed E-state index contributed by atoms with van der Waals surface area (Å²) in [6, 6.07) is 8.85. The predicted molar refractivity (Wildman–Crippen MR) is 68.5 cm³/mol. The molecular formula is C14H23NO. The van der Waals surface area contributed by atoms with Crippen molar-refractivity contribution in [3.63, 3.8) is 0 Å². The van der Waals surface area contributed by atoms with Gasteiger partial charge in [-0.25, -0.2) is 0 Å². The molecule has 16 heavy (non-hydrogen) atoms. The van der Waals surface area contributed by atoms with E-state index in [0.717, 1.165) is 0 Å². The second-order valence-electron chi connectivity index (χ2n) is 4.86. The van der Waals surface area contributed by atoms with Gasteiger partial charge in [-0.15, -0.1) is 0 Å². The van der Waals surface area contributed by atoms with E-state index < -0.39 is 0 Å². The first kappa shape index (κ1) is 13.2. The molecule has 0 aromatic heterocycles. The van der Waals surface area contributed by atoms with Crippen LogP contribution in [-0.4, -0.2) is 29.2 Å². The maximum atomic E-state index is 9.93. The van der Waals surface area contributed by atoms with Crippen molar-refractivity contribution in [3.8, 4) is 0 Å². The van der Waals surface area contributed by atoms with Crippen LogP contribution in [0, 0.1) is 6.92 Å². The summed E-state index contributed by atoms with van der Waals surface area (Å²) in [5.74, 6) is 0. The van der Waals surface area contributed by atoms with Gasteiger partial charge in [-0.05, 0) is 40.3 Å². The molecule has 0 amide bonds. The summed E-state index contributed by atoms with van der Waals surface area (Å²) >= 11 is 0. The average molecular weight is 221 g/mol. The molecule has 0 heterocycles. The van der Waals surface area contributed by atoms with Crippen molar-refractivity contribution in [2.45, 2.75) is 45.9 Å². The molecule has 2 atom stereocenters. The number of benzene rings is 1. The Bertz CT molecular complexity index is 333. The van der Waals surface area contributed by atoms with E-state index in [1.165, 1.54) is 11.1 Å². The molecule has 0 aliphatic carbocycles. The molecule has 0 radical (unpaired) electrons. The Kier molecular flexibility index (Phi) is 4.51. The molecule has 1 aromatic carbocycles. The van der Waals surface area contributed by atoms with E-state index in [9.17, 15) is 5.11 Å². The maximum absolute atomic E-state index is 9.93. The first-order chi connectivity index (χ1) is 7.43. The summed E-state index contributed by atoms with van der Waals surface area (Å²) in [6.07, 6.45) is -0.366. The van der Waals surface area contributed by atoms with Gasteiger partial charge in [0, 0.05) is 6.04 Å². The highest BCUT2D eigenvalue weighted by atomic mass is 16.3. The van der Waals surface area contributed by atoms with Crippen LogP contribution in [0.2, 0.25) is 0 Å². The standard InChI is InChI=1S/C14H23NO/c1-10(2)15(5)14(12(4)16)13-8-6-7-11(3)9-13/h6-10,12,14,16H,1-5H3/t12-,14-/m1/s1. The van der Waals surface area contributed by atoms with Gasteiger partial charge in [0.25, 0.3) is 0 Å². The van der Waals surface area contributed by atoms with Gasteiger partial charge in [0.2, 0.25) is 0 Å².